The van der Waals surface area contributed by atoms with Gasteiger partial charge in [-0.15, -0.1) is 0 Å². The molecule has 6 atom stereocenters. The molecule has 1 saturated heterocycles. The number of hydrogen-bond acceptors (Lipinski definition) is 8. The maximum atomic E-state index is 10.7. The summed E-state index contributed by atoms with van der Waals surface area (Å²) in [5, 5.41) is 57.2. The zero-order valence-corrected chi connectivity index (χ0v) is 9.38. The number of rotatable bonds is 5. The van der Waals surface area contributed by atoms with Crippen LogP contribution in [0.1, 0.15) is 0 Å². The number of ether oxygens (including phenoxy) is 1. The lowest BCUT2D eigenvalue weighted by atomic mass is 9.98. The summed E-state index contributed by atoms with van der Waals surface area (Å²) < 4.78 is 5.02. The van der Waals surface area contributed by atoms with Gasteiger partial charge in [0.05, 0.1) is 13.2 Å². The molecule has 1 aliphatic heterocycles. The summed E-state index contributed by atoms with van der Waals surface area (Å²) in [5.41, 5.74) is 0. The number of nitrogens with one attached hydrogen (secondary N) is 1. The maximum absolute atomic E-state index is 10.7. The third kappa shape index (κ3) is 3.14. The van der Waals surface area contributed by atoms with Crippen molar-refractivity contribution < 1.29 is 40.2 Å². The molecule has 1 aliphatic rings. The van der Waals surface area contributed by atoms with Crippen LogP contribution in [0.15, 0.2) is 0 Å². The van der Waals surface area contributed by atoms with Crippen molar-refractivity contribution in [3.05, 3.63) is 0 Å². The minimum atomic E-state index is -1.60. The fourth-order valence-electron chi connectivity index (χ4n) is 1.64. The molecule has 0 radical (unpaired) electrons. The minimum absolute atomic E-state index is 0.611. The Hall–Kier alpha value is -0.810. The van der Waals surface area contributed by atoms with Gasteiger partial charge in [0.15, 0.2) is 0 Å². The molecule has 1 unspecified atom stereocenters. The highest BCUT2D eigenvalue weighted by Gasteiger charge is 2.44. The van der Waals surface area contributed by atoms with Crippen molar-refractivity contribution in [2.24, 2.45) is 0 Å². The highest BCUT2D eigenvalue weighted by Crippen LogP contribution is 2.19. The smallest absolute Gasteiger partial charge is 0.323 e. The van der Waals surface area contributed by atoms with Crippen LogP contribution in [-0.4, -0.2) is 86.5 Å². The Morgan fingerprint density at radius 3 is 2.22 bits per heavy atom. The Labute approximate surface area is 102 Å². The lowest BCUT2D eigenvalue weighted by Crippen LogP contribution is -2.64. The molecule has 9 nitrogen and oxygen atoms in total. The Morgan fingerprint density at radius 1 is 1.17 bits per heavy atom. The van der Waals surface area contributed by atoms with Gasteiger partial charge < -0.3 is 35.4 Å². The van der Waals surface area contributed by atoms with Crippen molar-refractivity contribution in [2.75, 3.05) is 13.2 Å². The summed E-state index contributed by atoms with van der Waals surface area (Å²) in [6.07, 6.45) is -7.15. The van der Waals surface area contributed by atoms with Crippen LogP contribution in [0, 0.1) is 0 Å². The molecule has 9 heteroatoms. The van der Waals surface area contributed by atoms with E-state index in [0.29, 0.717) is 0 Å². The maximum Gasteiger partial charge on any atom is 0.323 e. The summed E-state index contributed by atoms with van der Waals surface area (Å²) in [6.45, 7) is -1.36. The van der Waals surface area contributed by atoms with Crippen LogP contribution in [0.25, 0.3) is 0 Å². The molecular formula is C9H17NO8. The van der Waals surface area contributed by atoms with E-state index in [2.05, 4.69) is 5.32 Å². The zero-order valence-electron chi connectivity index (χ0n) is 9.38. The third-order valence-electron chi connectivity index (χ3n) is 2.74. The molecule has 0 aromatic heterocycles. The van der Waals surface area contributed by atoms with Crippen molar-refractivity contribution >= 4 is 5.97 Å². The molecule has 0 aromatic carbocycles. The number of carboxylic acid groups (broad SMARTS) is 1. The van der Waals surface area contributed by atoms with Gasteiger partial charge in [-0.05, 0) is 0 Å². The van der Waals surface area contributed by atoms with Crippen molar-refractivity contribution in [1.29, 1.82) is 0 Å². The Kier molecular flexibility index (Phi) is 5.41. The van der Waals surface area contributed by atoms with Crippen LogP contribution in [0.5, 0.6) is 0 Å². The quantitative estimate of drug-likeness (QED) is 0.262. The molecule has 0 aliphatic carbocycles. The van der Waals surface area contributed by atoms with Crippen LogP contribution >= 0.6 is 0 Å². The highest BCUT2D eigenvalue weighted by atomic mass is 16.6. The van der Waals surface area contributed by atoms with Crippen molar-refractivity contribution in [3.8, 4) is 0 Å². The average molecular weight is 267 g/mol. The van der Waals surface area contributed by atoms with Crippen LogP contribution < -0.4 is 5.32 Å². The van der Waals surface area contributed by atoms with E-state index < -0.39 is 55.9 Å². The monoisotopic (exact) mass is 267 g/mol. The van der Waals surface area contributed by atoms with Crippen LogP contribution in [0.2, 0.25) is 0 Å². The Balaban J connectivity index is 2.72. The second-order valence-corrected chi connectivity index (χ2v) is 3.99. The largest absolute Gasteiger partial charge is 0.480 e. The zero-order chi connectivity index (χ0) is 13.9. The molecular weight excluding hydrogens is 250 g/mol. The van der Waals surface area contributed by atoms with Crippen molar-refractivity contribution in [3.63, 3.8) is 0 Å². The summed E-state index contributed by atoms with van der Waals surface area (Å²) in [4.78, 5) is 10.7. The van der Waals surface area contributed by atoms with E-state index in [9.17, 15) is 20.1 Å². The SMILES string of the molecule is O=C(O)[C@H](CO)NC1O[C@H](CO)[C@@H](O)[C@H](O)[C@H]1O. The normalized spacial score (nSPS) is 38.4. The first-order valence-corrected chi connectivity index (χ1v) is 5.32. The molecule has 18 heavy (non-hydrogen) atoms. The standard InChI is InChI=1S/C9H17NO8/c11-1-3(9(16)17)10-8-7(15)6(14)5(13)4(2-12)18-8/h3-8,10-15H,1-2H2,(H,16,17)/t3-,4+,5+,6-,7+,8?/m0/s1. The van der Waals surface area contributed by atoms with Gasteiger partial charge in [-0.3, -0.25) is 10.1 Å². The predicted molar refractivity (Wildman–Crippen MR) is 55.4 cm³/mol. The number of carbonyl (C=O) groups is 1. The molecule has 0 saturated carbocycles. The minimum Gasteiger partial charge on any atom is -0.480 e. The van der Waals surface area contributed by atoms with E-state index >= 15 is 0 Å². The Morgan fingerprint density at radius 2 is 1.78 bits per heavy atom. The van der Waals surface area contributed by atoms with E-state index in [1.54, 1.807) is 0 Å². The molecule has 0 bridgehead atoms. The van der Waals surface area contributed by atoms with Gasteiger partial charge in [0.2, 0.25) is 0 Å². The number of carboxylic acids is 1. The van der Waals surface area contributed by atoms with Gasteiger partial charge >= 0.3 is 5.97 Å². The molecule has 0 amide bonds. The van der Waals surface area contributed by atoms with E-state index in [4.69, 9.17) is 20.1 Å². The summed E-state index contributed by atoms with van der Waals surface area (Å²) in [6, 6.07) is -1.40. The highest BCUT2D eigenvalue weighted by molar-refractivity contribution is 5.73. The number of aliphatic carboxylic acids is 1. The van der Waals surface area contributed by atoms with Gasteiger partial charge in [-0.1, -0.05) is 0 Å². The average Bonchev–Trinajstić information content (AvgIpc) is 2.35. The van der Waals surface area contributed by atoms with Crippen molar-refractivity contribution in [1.82, 2.24) is 5.32 Å². The van der Waals surface area contributed by atoms with Gasteiger partial charge in [-0.25, -0.2) is 0 Å². The summed E-state index contributed by atoms with van der Waals surface area (Å²) >= 11 is 0. The molecule has 7 N–H and O–H groups in total. The van der Waals surface area contributed by atoms with Crippen molar-refractivity contribution in [2.45, 2.75) is 36.7 Å². The van der Waals surface area contributed by atoms with Crippen LogP contribution in [0.3, 0.4) is 0 Å². The van der Waals surface area contributed by atoms with E-state index in [1.807, 2.05) is 0 Å². The van der Waals surface area contributed by atoms with Crippen LogP contribution in [-0.2, 0) is 9.53 Å². The summed E-state index contributed by atoms with van der Waals surface area (Å²) in [7, 11) is 0. The fourth-order valence-corrected chi connectivity index (χ4v) is 1.64. The molecule has 106 valence electrons. The molecule has 0 aromatic rings. The van der Waals surface area contributed by atoms with E-state index in [1.165, 1.54) is 0 Å². The third-order valence-corrected chi connectivity index (χ3v) is 2.74. The molecule has 0 spiro atoms. The molecule has 1 heterocycles. The second kappa shape index (κ2) is 6.38. The Bertz CT molecular complexity index is 286. The van der Waals surface area contributed by atoms with Crippen LogP contribution in [0.4, 0.5) is 0 Å². The first-order chi connectivity index (χ1) is 8.42. The first kappa shape index (κ1) is 15.2. The first-order valence-electron chi connectivity index (χ1n) is 5.32. The summed E-state index contributed by atoms with van der Waals surface area (Å²) in [5.74, 6) is -1.37. The fraction of sp³-hybridized carbons (Fsp3) is 0.889. The number of hydrogen-bond donors (Lipinski definition) is 7. The second-order valence-electron chi connectivity index (χ2n) is 3.99. The number of aliphatic hydroxyl groups is 5. The van der Waals surface area contributed by atoms with Gasteiger partial charge in [0.25, 0.3) is 0 Å². The van der Waals surface area contributed by atoms with Gasteiger partial charge in [0, 0.05) is 0 Å². The van der Waals surface area contributed by atoms with Gasteiger partial charge in [0.1, 0.15) is 36.7 Å². The topological polar surface area (TPSA) is 160 Å². The van der Waals surface area contributed by atoms with Gasteiger partial charge in [-0.2, -0.15) is 0 Å². The van der Waals surface area contributed by atoms with E-state index in [-0.39, 0.29) is 0 Å². The number of aliphatic hydroxyl groups excluding tert-OH is 5. The van der Waals surface area contributed by atoms with E-state index in [0.717, 1.165) is 0 Å². The lowest BCUT2D eigenvalue weighted by Gasteiger charge is -2.40. The lowest BCUT2D eigenvalue weighted by molar-refractivity contribution is -0.239. The molecule has 1 rings (SSSR count). The molecule has 1 fully saturated rings. The predicted octanol–water partition coefficient (Wildman–Crippen LogP) is -4.18.